The molecule has 0 radical (unpaired) electrons. The summed E-state index contributed by atoms with van der Waals surface area (Å²) in [4.78, 5) is 30.7. The van der Waals surface area contributed by atoms with Crippen molar-refractivity contribution in [3.05, 3.63) is 44.6 Å². The average Bonchev–Trinajstić information content (AvgIpc) is 2.95. The number of fused-ring (bicyclic) bond motifs is 1. The van der Waals surface area contributed by atoms with Gasteiger partial charge in [0.15, 0.2) is 5.65 Å². The van der Waals surface area contributed by atoms with Crippen LogP contribution in [0.15, 0.2) is 27.8 Å². The lowest BCUT2D eigenvalue weighted by molar-refractivity contribution is -0.136. The molecular weight excluding hydrogens is 327 g/mol. The Kier molecular flexibility index (Phi) is 3.29. The number of aromatic amines is 1. The summed E-state index contributed by atoms with van der Waals surface area (Å²) >= 11 is 0. The molecule has 3 aromatic rings. The van der Waals surface area contributed by atoms with Gasteiger partial charge in [-0.1, -0.05) is 0 Å². The lowest BCUT2D eigenvalue weighted by Crippen LogP contribution is -2.36. The number of rotatable bonds is 1. The van der Waals surface area contributed by atoms with Gasteiger partial charge < -0.3 is 10.7 Å². The maximum Gasteiger partial charge on any atom is 0.418 e. The molecule has 0 fully saturated rings. The Balaban J connectivity index is 2.29. The average molecular weight is 339 g/mol. The minimum Gasteiger partial charge on any atom is -0.398 e. The molecule has 2 aromatic heterocycles. The van der Waals surface area contributed by atoms with E-state index in [9.17, 15) is 22.8 Å². The second kappa shape index (κ2) is 4.98. The number of hydrogen-bond acceptors (Lipinski definition) is 4. The highest BCUT2D eigenvalue weighted by Crippen LogP contribution is 2.35. The topological polar surface area (TPSA) is 98.7 Å². The van der Waals surface area contributed by atoms with Gasteiger partial charge in [-0.05, 0) is 18.2 Å². The van der Waals surface area contributed by atoms with Crippen molar-refractivity contribution >= 4 is 16.9 Å². The highest BCUT2D eigenvalue weighted by atomic mass is 19.4. The SMILES string of the molecule is Cn1c(=O)c2[nH]c(-c3ccc(N)c(C(F)(F)F)c3)nc2n(C)c1=O. The summed E-state index contributed by atoms with van der Waals surface area (Å²) in [5.74, 6) is 0.0359. The zero-order valence-electron chi connectivity index (χ0n) is 12.6. The van der Waals surface area contributed by atoms with E-state index in [-0.39, 0.29) is 22.6 Å². The first-order chi connectivity index (χ1) is 11.1. The van der Waals surface area contributed by atoms with E-state index in [1.54, 1.807) is 0 Å². The van der Waals surface area contributed by atoms with E-state index in [1.807, 2.05) is 0 Å². The van der Waals surface area contributed by atoms with Crippen LogP contribution in [0.25, 0.3) is 22.6 Å². The first-order valence-electron chi connectivity index (χ1n) is 6.74. The predicted octanol–water partition coefficient (Wildman–Crippen LogP) is 1.23. The zero-order valence-corrected chi connectivity index (χ0v) is 12.6. The standard InChI is InChI=1S/C14H12F3N5O2/c1-21-11-9(12(23)22(2)13(21)24)19-10(20-11)6-3-4-8(18)7(5-6)14(15,16)17/h3-5H,18H2,1-2H3,(H,19,20). The van der Waals surface area contributed by atoms with Crippen LogP contribution in [0.1, 0.15) is 5.56 Å². The fourth-order valence-electron chi connectivity index (χ4n) is 2.41. The van der Waals surface area contributed by atoms with Crippen molar-refractivity contribution < 1.29 is 13.2 Å². The number of aromatic nitrogens is 4. The lowest BCUT2D eigenvalue weighted by atomic mass is 10.1. The molecule has 0 spiro atoms. The molecule has 1 aromatic carbocycles. The summed E-state index contributed by atoms with van der Waals surface area (Å²) in [6.07, 6.45) is -4.62. The van der Waals surface area contributed by atoms with Gasteiger partial charge in [-0.2, -0.15) is 13.2 Å². The molecule has 0 saturated carbocycles. The Bertz CT molecular complexity index is 1070. The fourth-order valence-corrected chi connectivity index (χ4v) is 2.41. The van der Waals surface area contributed by atoms with Crippen LogP contribution in [0, 0.1) is 0 Å². The number of imidazole rings is 1. The van der Waals surface area contributed by atoms with E-state index >= 15 is 0 Å². The third-order valence-electron chi connectivity index (χ3n) is 3.73. The van der Waals surface area contributed by atoms with Crippen LogP contribution in [0.3, 0.4) is 0 Å². The Hall–Kier alpha value is -3.04. The van der Waals surface area contributed by atoms with E-state index in [4.69, 9.17) is 5.73 Å². The van der Waals surface area contributed by atoms with E-state index in [2.05, 4.69) is 9.97 Å². The van der Waals surface area contributed by atoms with Crippen LogP contribution < -0.4 is 17.0 Å². The first kappa shape index (κ1) is 15.8. The van der Waals surface area contributed by atoms with Crippen LogP contribution in [0.5, 0.6) is 0 Å². The number of alkyl halides is 3. The molecule has 3 N–H and O–H groups in total. The summed E-state index contributed by atoms with van der Waals surface area (Å²) in [6, 6.07) is 3.31. The van der Waals surface area contributed by atoms with E-state index in [0.717, 1.165) is 21.3 Å². The molecule has 2 heterocycles. The molecule has 7 nitrogen and oxygen atoms in total. The van der Waals surface area contributed by atoms with Gasteiger partial charge in [0.05, 0.1) is 5.56 Å². The van der Waals surface area contributed by atoms with Crippen LogP contribution in [-0.2, 0) is 20.3 Å². The summed E-state index contributed by atoms with van der Waals surface area (Å²) in [7, 11) is 2.72. The number of nitrogens with two attached hydrogens (primary N) is 1. The highest BCUT2D eigenvalue weighted by molar-refractivity contribution is 5.76. The van der Waals surface area contributed by atoms with Crippen LogP contribution in [-0.4, -0.2) is 19.1 Å². The largest absolute Gasteiger partial charge is 0.418 e. The maximum absolute atomic E-state index is 13.0. The number of halogens is 3. The summed E-state index contributed by atoms with van der Waals surface area (Å²) in [5, 5.41) is 0. The predicted molar refractivity (Wildman–Crippen MR) is 81.4 cm³/mol. The molecule has 0 aliphatic heterocycles. The van der Waals surface area contributed by atoms with Gasteiger partial charge in [0.2, 0.25) is 0 Å². The lowest BCUT2D eigenvalue weighted by Gasteiger charge is -2.10. The molecule has 0 aliphatic carbocycles. The Morgan fingerprint density at radius 1 is 1.17 bits per heavy atom. The number of nitrogens with one attached hydrogen (secondary N) is 1. The molecule has 0 aliphatic rings. The van der Waals surface area contributed by atoms with Gasteiger partial charge in [-0.25, -0.2) is 9.78 Å². The Labute approximate surface area is 132 Å². The number of benzene rings is 1. The molecule has 0 unspecified atom stereocenters. The number of nitrogen functional groups attached to an aromatic ring is 1. The van der Waals surface area contributed by atoms with Crippen LogP contribution in [0.2, 0.25) is 0 Å². The highest BCUT2D eigenvalue weighted by Gasteiger charge is 2.33. The minimum atomic E-state index is -4.62. The fraction of sp³-hybridized carbons (Fsp3) is 0.214. The van der Waals surface area contributed by atoms with Crippen molar-refractivity contribution in [3.63, 3.8) is 0 Å². The third-order valence-corrected chi connectivity index (χ3v) is 3.73. The Morgan fingerprint density at radius 3 is 2.46 bits per heavy atom. The molecule has 10 heteroatoms. The van der Waals surface area contributed by atoms with Crippen molar-refractivity contribution in [2.75, 3.05) is 5.73 Å². The molecule has 0 bridgehead atoms. The molecule has 126 valence electrons. The molecule has 0 atom stereocenters. The first-order valence-corrected chi connectivity index (χ1v) is 6.74. The summed E-state index contributed by atoms with van der Waals surface area (Å²) < 4.78 is 40.9. The monoisotopic (exact) mass is 339 g/mol. The number of nitrogens with zero attached hydrogens (tertiary/aromatic N) is 3. The summed E-state index contributed by atoms with van der Waals surface area (Å²) in [5.41, 5.74) is 2.95. The van der Waals surface area contributed by atoms with Gasteiger partial charge in [0, 0.05) is 25.3 Å². The summed E-state index contributed by atoms with van der Waals surface area (Å²) in [6.45, 7) is 0. The van der Waals surface area contributed by atoms with Crippen molar-refractivity contribution in [1.29, 1.82) is 0 Å². The van der Waals surface area contributed by atoms with Crippen molar-refractivity contribution in [2.24, 2.45) is 14.1 Å². The third kappa shape index (κ3) is 2.27. The molecular formula is C14H12F3N5O2. The quantitative estimate of drug-likeness (QED) is 0.652. The van der Waals surface area contributed by atoms with Gasteiger partial charge in [0.1, 0.15) is 11.3 Å². The molecule has 0 amide bonds. The van der Waals surface area contributed by atoms with Crippen molar-refractivity contribution in [2.45, 2.75) is 6.18 Å². The van der Waals surface area contributed by atoms with Crippen LogP contribution >= 0.6 is 0 Å². The minimum absolute atomic E-state index is 0.0278. The van der Waals surface area contributed by atoms with E-state index in [1.165, 1.54) is 20.2 Å². The molecule has 24 heavy (non-hydrogen) atoms. The number of H-pyrrole nitrogens is 1. The second-order valence-electron chi connectivity index (χ2n) is 5.29. The van der Waals surface area contributed by atoms with Gasteiger partial charge in [0.25, 0.3) is 5.56 Å². The smallest absolute Gasteiger partial charge is 0.398 e. The maximum atomic E-state index is 13.0. The van der Waals surface area contributed by atoms with Crippen molar-refractivity contribution in [3.8, 4) is 11.4 Å². The molecule has 3 rings (SSSR count). The number of aryl methyl sites for hydroxylation is 1. The van der Waals surface area contributed by atoms with Crippen molar-refractivity contribution in [1.82, 2.24) is 19.1 Å². The van der Waals surface area contributed by atoms with Gasteiger partial charge in [-0.3, -0.25) is 13.9 Å². The van der Waals surface area contributed by atoms with Gasteiger partial charge >= 0.3 is 11.9 Å². The Morgan fingerprint density at radius 2 is 1.83 bits per heavy atom. The van der Waals surface area contributed by atoms with Crippen LogP contribution in [0.4, 0.5) is 18.9 Å². The number of hydrogen-bond donors (Lipinski definition) is 2. The zero-order chi connectivity index (χ0) is 17.8. The number of anilines is 1. The second-order valence-corrected chi connectivity index (χ2v) is 5.29. The molecule has 0 saturated heterocycles. The van der Waals surface area contributed by atoms with E-state index < -0.39 is 28.7 Å². The van der Waals surface area contributed by atoms with E-state index in [0.29, 0.717) is 0 Å². The van der Waals surface area contributed by atoms with Gasteiger partial charge in [-0.15, -0.1) is 0 Å². The normalized spacial score (nSPS) is 12.0.